The molecule has 3 amide bonds. The van der Waals surface area contributed by atoms with Gasteiger partial charge in [0.05, 0.1) is 17.5 Å². The van der Waals surface area contributed by atoms with Gasteiger partial charge in [-0.05, 0) is 84.0 Å². The van der Waals surface area contributed by atoms with Crippen LogP contribution in [-0.4, -0.2) is 17.7 Å². The Morgan fingerprint density at radius 1 is 0.718 bits per heavy atom. The average molecular weight is 513 g/mol. The minimum Gasteiger partial charge on any atom is -0.325 e. The predicted octanol–water partition coefficient (Wildman–Crippen LogP) is 5.80. The number of hydrogen-bond donors (Lipinski definition) is 1. The fourth-order valence-electron chi connectivity index (χ4n) is 7.46. The molecule has 1 heterocycles. The molecule has 4 aromatic carbocycles. The number of benzene rings is 4. The molecule has 39 heavy (non-hydrogen) atoms. The van der Waals surface area contributed by atoms with Gasteiger partial charge in [-0.2, -0.15) is 0 Å². The van der Waals surface area contributed by atoms with Crippen molar-refractivity contribution in [2.75, 3.05) is 10.2 Å². The number of nitrogens with zero attached hydrogens (tertiary/aromatic N) is 1. The smallest absolute Gasteiger partial charge is 0.240 e. The van der Waals surface area contributed by atoms with Crippen LogP contribution >= 0.6 is 0 Å². The van der Waals surface area contributed by atoms with Crippen molar-refractivity contribution in [3.63, 3.8) is 0 Å². The zero-order chi connectivity index (χ0) is 27.1. The molecule has 3 aliphatic carbocycles. The first kappa shape index (κ1) is 23.6. The van der Waals surface area contributed by atoms with E-state index in [0.29, 0.717) is 11.4 Å². The van der Waals surface area contributed by atoms with Crippen LogP contribution in [-0.2, 0) is 19.8 Å². The molecule has 1 fully saturated rings. The number of carbonyl (C=O) groups excluding carboxylic acids is 3. The van der Waals surface area contributed by atoms with Crippen molar-refractivity contribution in [1.29, 1.82) is 0 Å². The standard InChI is InChI=1S/C34H28N2O3/c1-19-9-8-10-23(18-19)36-31(37)29-28-24-11-4-6-13-26(24)34(30(29)32(36)38,27-14-7-5-12-25(27)28)33(39)35-22-16-20(2)15-21(3)17-22/h4-18,28-30H,1-3H3,(H,35,39)/t28?,29-,30+,34?/m1/s1. The summed E-state index contributed by atoms with van der Waals surface area (Å²) in [4.78, 5) is 44.8. The number of amides is 3. The Bertz CT molecular complexity index is 1650. The van der Waals surface area contributed by atoms with E-state index in [1.165, 1.54) is 4.90 Å². The molecular formula is C34H28N2O3. The summed E-state index contributed by atoms with van der Waals surface area (Å²) < 4.78 is 0. The maximum Gasteiger partial charge on any atom is 0.240 e. The second-order valence-corrected chi connectivity index (χ2v) is 11.1. The van der Waals surface area contributed by atoms with Crippen LogP contribution in [0, 0.1) is 32.6 Å². The lowest BCUT2D eigenvalue weighted by atomic mass is 9.47. The van der Waals surface area contributed by atoms with Crippen LogP contribution in [0.4, 0.5) is 11.4 Å². The lowest BCUT2D eigenvalue weighted by Gasteiger charge is -2.52. The molecule has 0 unspecified atom stereocenters. The van der Waals surface area contributed by atoms with Gasteiger partial charge in [0.25, 0.3) is 0 Å². The van der Waals surface area contributed by atoms with Gasteiger partial charge in [0.15, 0.2) is 0 Å². The normalized spacial score (nSPS) is 24.3. The molecule has 8 rings (SSSR count). The van der Waals surface area contributed by atoms with E-state index in [9.17, 15) is 14.4 Å². The second kappa shape index (κ2) is 8.24. The average Bonchev–Trinajstić information content (AvgIpc) is 3.18. The van der Waals surface area contributed by atoms with Gasteiger partial charge in [-0.25, -0.2) is 4.90 Å². The first-order chi connectivity index (χ1) is 18.8. The van der Waals surface area contributed by atoms with Crippen LogP contribution in [0.15, 0.2) is 91.0 Å². The largest absolute Gasteiger partial charge is 0.325 e. The summed E-state index contributed by atoms with van der Waals surface area (Å²) >= 11 is 0. The van der Waals surface area contributed by atoms with Crippen molar-refractivity contribution in [2.24, 2.45) is 11.8 Å². The molecule has 4 aliphatic rings. The van der Waals surface area contributed by atoms with Gasteiger partial charge in [0, 0.05) is 11.6 Å². The van der Waals surface area contributed by atoms with E-state index < -0.39 is 17.3 Å². The Morgan fingerprint density at radius 3 is 1.95 bits per heavy atom. The molecule has 0 saturated carbocycles. The summed E-state index contributed by atoms with van der Waals surface area (Å²) in [6.45, 7) is 5.92. The SMILES string of the molecule is Cc1cc(C)cc(NC(=O)C23c4ccccc4C(c4ccccc42)[C@H]2C(=O)N(c4cccc(C)c4)C(=O)[C@H]23)c1. The Hall–Kier alpha value is -4.51. The van der Waals surface area contributed by atoms with E-state index in [1.807, 2.05) is 99.6 Å². The monoisotopic (exact) mass is 512 g/mol. The highest BCUT2D eigenvalue weighted by Gasteiger charge is 2.71. The molecule has 0 spiro atoms. The number of nitrogens with one attached hydrogen (secondary N) is 1. The summed E-state index contributed by atoms with van der Waals surface area (Å²) in [5, 5.41) is 3.18. The molecule has 1 saturated heterocycles. The maximum atomic E-state index is 14.8. The number of aryl methyl sites for hydroxylation is 3. The van der Waals surface area contributed by atoms with Crippen LogP contribution < -0.4 is 10.2 Å². The van der Waals surface area contributed by atoms with Crippen LogP contribution in [0.25, 0.3) is 0 Å². The Kier molecular flexibility index (Phi) is 4.99. The highest BCUT2D eigenvalue weighted by Crippen LogP contribution is 2.64. The zero-order valence-electron chi connectivity index (χ0n) is 22.1. The number of imide groups is 1. The van der Waals surface area contributed by atoms with Crippen molar-refractivity contribution >= 4 is 29.1 Å². The van der Waals surface area contributed by atoms with Gasteiger partial charge in [0.2, 0.25) is 17.7 Å². The van der Waals surface area contributed by atoms with Gasteiger partial charge in [0.1, 0.15) is 5.41 Å². The molecule has 192 valence electrons. The van der Waals surface area contributed by atoms with Crippen LogP contribution in [0.3, 0.4) is 0 Å². The first-order valence-corrected chi connectivity index (χ1v) is 13.4. The number of carbonyl (C=O) groups is 3. The fraction of sp³-hybridized carbons (Fsp3) is 0.206. The Labute approximate surface area is 227 Å². The van der Waals surface area contributed by atoms with Crippen molar-refractivity contribution in [3.8, 4) is 0 Å². The predicted molar refractivity (Wildman–Crippen MR) is 151 cm³/mol. The summed E-state index contributed by atoms with van der Waals surface area (Å²) in [5.41, 5.74) is 6.41. The third-order valence-electron chi connectivity index (χ3n) is 8.72. The zero-order valence-corrected chi connectivity index (χ0v) is 22.1. The quantitative estimate of drug-likeness (QED) is 0.353. The van der Waals surface area contributed by atoms with Gasteiger partial charge in [-0.15, -0.1) is 0 Å². The number of rotatable bonds is 3. The van der Waals surface area contributed by atoms with Crippen molar-refractivity contribution < 1.29 is 14.4 Å². The summed E-state index contributed by atoms with van der Waals surface area (Å²) in [6.07, 6.45) is 0. The number of anilines is 2. The summed E-state index contributed by atoms with van der Waals surface area (Å²) in [6, 6.07) is 29.1. The van der Waals surface area contributed by atoms with Crippen molar-refractivity contribution in [1.82, 2.24) is 0 Å². The molecule has 0 radical (unpaired) electrons. The van der Waals surface area contributed by atoms with Crippen LogP contribution in [0.2, 0.25) is 0 Å². The molecule has 2 atom stereocenters. The molecule has 5 heteroatoms. The van der Waals surface area contributed by atoms with E-state index in [2.05, 4.69) is 11.4 Å². The highest BCUT2D eigenvalue weighted by atomic mass is 16.2. The minimum absolute atomic E-state index is 0.242. The van der Waals surface area contributed by atoms with Gasteiger partial charge >= 0.3 is 0 Å². The minimum atomic E-state index is -1.35. The molecule has 4 aromatic rings. The van der Waals surface area contributed by atoms with Crippen molar-refractivity contribution in [2.45, 2.75) is 32.1 Å². The van der Waals surface area contributed by atoms with Gasteiger partial charge in [-0.1, -0.05) is 66.7 Å². The Morgan fingerprint density at radius 2 is 1.33 bits per heavy atom. The lowest BCUT2D eigenvalue weighted by Crippen LogP contribution is -2.59. The molecular weight excluding hydrogens is 484 g/mol. The first-order valence-electron chi connectivity index (χ1n) is 13.4. The number of hydrogen-bond acceptors (Lipinski definition) is 3. The maximum absolute atomic E-state index is 14.8. The molecule has 0 aromatic heterocycles. The topological polar surface area (TPSA) is 66.5 Å². The van der Waals surface area contributed by atoms with E-state index in [1.54, 1.807) is 6.07 Å². The molecule has 2 bridgehead atoms. The van der Waals surface area contributed by atoms with Gasteiger partial charge in [-0.3, -0.25) is 14.4 Å². The summed E-state index contributed by atoms with van der Waals surface area (Å²) in [7, 11) is 0. The second-order valence-electron chi connectivity index (χ2n) is 11.1. The van der Waals surface area contributed by atoms with E-state index in [-0.39, 0.29) is 23.6 Å². The van der Waals surface area contributed by atoms with E-state index in [4.69, 9.17) is 0 Å². The highest BCUT2D eigenvalue weighted by molar-refractivity contribution is 6.26. The van der Waals surface area contributed by atoms with E-state index >= 15 is 0 Å². The van der Waals surface area contributed by atoms with Crippen LogP contribution in [0.1, 0.15) is 44.9 Å². The third-order valence-corrected chi connectivity index (χ3v) is 8.72. The molecule has 1 N–H and O–H groups in total. The lowest BCUT2D eigenvalue weighted by molar-refractivity contribution is -0.132. The summed E-state index contributed by atoms with van der Waals surface area (Å²) in [5.74, 6) is -2.68. The fourth-order valence-corrected chi connectivity index (χ4v) is 7.46. The Balaban J connectivity index is 1.49. The molecule has 1 aliphatic heterocycles. The molecule has 5 nitrogen and oxygen atoms in total. The van der Waals surface area contributed by atoms with Crippen molar-refractivity contribution in [3.05, 3.63) is 130 Å². The van der Waals surface area contributed by atoms with Gasteiger partial charge < -0.3 is 5.32 Å². The van der Waals surface area contributed by atoms with E-state index in [0.717, 1.165) is 38.9 Å². The van der Waals surface area contributed by atoms with Crippen LogP contribution in [0.5, 0.6) is 0 Å². The third kappa shape index (κ3) is 3.10.